The van der Waals surface area contributed by atoms with Gasteiger partial charge in [-0.05, 0) is 48.4 Å². The van der Waals surface area contributed by atoms with Crippen LogP contribution in [0.3, 0.4) is 0 Å². The molecule has 0 radical (unpaired) electrons. The summed E-state index contributed by atoms with van der Waals surface area (Å²) < 4.78 is 6.79. The molecule has 1 nitrogen and oxygen atoms in total. The molecule has 0 N–H and O–H groups in total. The lowest BCUT2D eigenvalue weighted by atomic mass is 10.2. The molecule has 2 rings (SSSR count). The van der Waals surface area contributed by atoms with Crippen LogP contribution in [0.1, 0.15) is 11.1 Å². The number of rotatable bonds is 3. The fourth-order valence-electron chi connectivity index (χ4n) is 1.57. The van der Waals surface area contributed by atoms with Gasteiger partial charge in [0.15, 0.2) is 0 Å². The minimum atomic E-state index is 0.472. The quantitative estimate of drug-likeness (QED) is 0.699. The van der Waals surface area contributed by atoms with Crippen LogP contribution in [-0.2, 0) is 6.61 Å². The molecule has 2 aromatic carbocycles. The lowest BCUT2D eigenvalue weighted by Gasteiger charge is -2.10. The standard InChI is InChI=1S/C14H11BrCl2O/c1-9-6-11(15)3-5-14(9)18-8-10-2-4-12(16)13(17)7-10/h2-7H,8H2,1H3. The predicted molar refractivity (Wildman–Crippen MR) is 79.7 cm³/mol. The third-order valence-electron chi connectivity index (χ3n) is 2.52. The molecule has 0 aromatic heterocycles. The Hall–Kier alpha value is -0.700. The molecule has 0 amide bonds. The predicted octanol–water partition coefficient (Wildman–Crippen LogP) is 5.64. The highest BCUT2D eigenvalue weighted by Crippen LogP contribution is 2.25. The zero-order valence-electron chi connectivity index (χ0n) is 9.71. The number of ether oxygens (including phenoxy) is 1. The van der Waals surface area contributed by atoms with Crippen molar-refractivity contribution in [2.24, 2.45) is 0 Å². The Labute approximate surface area is 125 Å². The zero-order chi connectivity index (χ0) is 13.1. The highest BCUT2D eigenvalue weighted by Gasteiger charge is 2.03. The van der Waals surface area contributed by atoms with Gasteiger partial charge in [-0.25, -0.2) is 0 Å². The van der Waals surface area contributed by atoms with E-state index in [1.54, 1.807) is 6.07 Å². The topological polar surface area (TPSA) is 9.23 Å². The van der Waals surface area contributed by atoms with Gasteiger partial charge in [-0.1, -0.05) is 45.2 Å². The summed E-state index contributed by atoms with van der Waals surface area (Å²) >= 11 is 15.2. The van der Waals surface area contributed by atoms with Gasteiger partial charge in [0.2, 0.25) is 0 Å². The smallest absolute Gasteiger partial charge is 0.122 e. The fourth-order valence-corrected chi connectivity index (χ4v) is 2.36. The molecule has 4 heteroatoms. The van der Waals surface area contributed by atoms with E-state index in [0.29, 0.717) is 16.7 Å². The molecular formula is C14H11BrCl2O. The molecule has 0 aliphatic heterocycles. The summed E-state index contributed by atoms with van der Waals surface area (Å²) in [6.07, 6.45) is 0. The van der Waals surface area contributed by atoms with Gasteiger partial charge >= 0.3 is 0 Å². The number of aryl methyl sites for hydroxylation is 1. The monoisotopic (exact) mass is 344 g/mol. The summed E-state index contributed by atoms with van der Waals surface area (Å²) in [5, 5.41) is 1.10. The highest BCUT2D eigenvalue weighted by atomic mass is 79.9. The molecule has 2 aromatic rings. The molecule has 94 valence electrons. The maximum atomic E-state index is 5.95. The SMILES string of the molecule is Cc1cc(Br)ccc1OCc1ccc(Cl)c(Cl)c1. The van der Waals surface area contributed by atoms with E-state index in [1.807, 2.05) is 37.3 Å². The summed E-state index contributed by atoms with van der Waals surface area (Å²) in [7, 11) is 0. The van der Waals surface area contributed by atoms with E-state index < -0.39 is 0 Å². The maximum Gasteiger partial charge on any atom is 0.122 e. The third kappa shape index (κ3) is 3.41. The van der Waals surface area contributed by atoms with Crippen LogP contribution in [0.4, 0.5) is 0 Å². The molecule has 0 unspecified atom stereocenters. The number of hydrogen-bond acceptors (Lipinski definition) is 1. The Morgan fingerprint density at radius 1 is 1.06 bits per heavy atom. The molecule has 18 heavy (non-hydrogen) atoms. The van der Waals surface area contributed by atoms with E-state index >= 15 is 0 Å². The van der Waals surface area contributed by atoms with Crippen molar-refractivity contribution in [3.8, 4) is 5.75 Å². The van der Waals surface area contributed by atoms with Crippen molar-refractivity contribution >= 4 is 39.1 Å². The molecule has 0 fully saturated rings. The second-order valence-electron chi connectivity index (χ2n) is 3.95. The van der Waals surface area contributed by atoms with Crippen molar-refractivity contribution in [2.45, 2.75) is 13.5 Å². The molecule has 0 aliphatic rings. The second-order valence-corrected chi connectivity index (χ2v) is 5.68. The van der Waals surface area contributed by atoms with Crippen molar-refractivity contribution < 1.29 is 4.74 Å². The Bertz CT molecular complexity index is 570. The molecule has 0 spiro atoms. The van der Waals surface area contributed by atoms with Crippen molar-refractivity contribution in [1.29, 1.82) is 0 Å². The van der Waals surface area contributed by atoms with Gasteiger partial charge in [0.05, 0.1) is 10.0 Å². The van der Waals surface area contributed by atoms with E-state index in [-0.39, 0.29) is 0 Å². The van der Waals surface area contributed by atoms with Crippen LogP contribution >= 0.6 is 39.1 Å². The van der Waals surface area contributed by atoms with Crippen LogP contribution in [0.15, 0.2) is 40.9 Å². The van der Waals surface area contributed by atoms with E-state index in [9.17, 15) is 0 Å². The van der Waals surface area contributed by atoms with Gasteiger partial charge in [-0.3, -0.25) is 0 Å². The van der Waals surface area contributed by atoms with Crippen molar-refractivity contribution in [3.63, 3.8) is 0 Å². The average Bonchev–Trinajstić information content (AvgIpc) is 2.32. The first-order chi connectivity index (χ1) is 8.56. The maximum absolute atomic E-state index is 5.95. The first-order valence-electron chi connectivity index (χ1n) is 5.39. The second kappa shape index (κ2) is 5.96. The number of hydrogen-bond donors (Lipinski definition) is 0. The lowest BCUT2D eigenvalue weighted by molar-refractivity contribution is 0.304. The molecule has 0 atom stereocenters. The first-order valence-corrected chi connectivity index (χ1v) is 6.94. The third-order valence-corrected chi connectivity index (χ3v) is 3.75. The van der Waals surface area contributed by atoms with Gasteiger partial charge in [-0.15, -0.1) is 0 Å². The van der Waals surface area contributed by atoms with Crippen molar-refractivity contribution in [3.05, 3.63) is 62.0 Å². The van der Waals surface area contributed by atoms with Crippen LogP contribution in [0, 0.1) is 6.92 Å². The number of halogens is 3. The van der Waals surface area contributed by atoms with Crippen LogP contribution < -0.4 is 4.74 Å². The molecule has 0 saturated heterocycles. The van der Waals surface area contributed by atoms with E-state index in [4.69, 9.17) is 27.9 Å². The van der Waals surface area contributed by atoms with Crippen LogP contribution in [0.25, 0.3) is 0 Å². The molecular weight excluding hydrogens is 335 g/mol. The van der Waals surface area contributed by atoms with Crippen LogP contribution in [0.5, 0.6) is 5.75 Å². The van der Waals surface area contributed by atoms with Crippen LogP contribution in [0.2, 0.25) is 10.0 Å². The Kier molecular flexibility index (Phi) is 4.55. The van der Waals surface area contributed by atoms with Gasteiger partial charge in [0.25, 0.3) is 0 Å². The summed E-state index contributed by atoms with van der Waals surface area (Å²) in [5.74, 6) is 0.865. The van der Waals surface area contributed by atoms with Gasteiger partial charge in [-0.2, -0.15) is 0 Å². The van der Waals surface area contributed by atoms with Gasteiger partial charge in [0.1, 0.15) is 12.4 Å². The molecule has 0 aliphatic carbocycles. The molecule has 0 heterocycles. The Morgan fingerprint density at radius 3 is 2.50 bits per heavy atom. The van der Waals surface area contributed by atoms with E-state index in [1.165, 1.54) is 0 Å². The normalized spacial score (nSPS) is 10.4. The summed E-state index contributed by atoms with van der Waals surface area (Å²) in [4.78, 5) is 0. The molecule has 0 saturated carbocycles. The van der Waals surface area contributed by atoms with Gasteiger partial charge in [0, 0.05) is 4.47 Å². The van der Waals surface area contributed by atoms with Crippen LogP contribution in [-0.4, -0.2) is 0 Å². The average molecular weight is 346 g/mol. The Balaban J connectivity index is 2.09. The van der Waals surface area contributed by atoms with Crippen molar-refractivity contribution in [2.75, 3.05) is 0 Å². The first kappa shape index (κ1) is 13.7. The summed E-state index contributed by atoms with van der Waals surface area (Å²) in [6.45, 7) is 2.48. The van der Waals surface area contributed by atoms with E-state index in [0.717, 1.165) is 21.3 Å². The zero-order valence-corrected chi connectivity index (χ0v) is 12.8. The summed E-state index contributed by atoms with van der Waals surface area (Å²) in [5.41, 5.74) is 2.08. The van der Waals surface area contributed by atoms with Crippen molar-refractivity contribution in [1.82, 2.24) is 0 Å². The summed E-state index contributed by atoms with van der Waals surface area (Å²) in [6, 6.07) is 11.4. The Morgan fingerprint density at radius 2 is 1.83 bits per heavy atom. The minimum Gasteiger partial charge on any atom is -0.489 e. The minimum absolute atomic E-state index is 0.472. The number of benzene rings is 2. The lowest BCUT2D eigenvalue weighted by Crippen LogP contribution is -1.97. The largest absolute Gasteiger partial charge is 0.489 e. The molecule has 0 bridgehead atoms. The van der Waals surface area contributed by atoms with Gasteiger partial charge < -0.3 is 4.74 Å². The highest BCUT2D eigenvalue weighted by molar-refractivity contribution is 9.10. The fraction of sp³-hybridized carbons (Fsp3) is 0.143. The van der Waals surface area contributed by atoms with E-state index in [2.05, 4.69) is 15.9 Å².